The molecule has 3 aromatic heterocycles. The fraction of sp³-hybridized carbons (Fsp3) is 0.0417. The topological polar surface area (TPSA) is 81.2 Å². The Morgan fingerprint density at radius 1 is 0.788 bits per heavy atom. The normalized spacial score (nSPS) is 11.6. The SMILES string of the molecule is O=C(Nc1cccc(C(F)(F)F)c1)c1ccc2nc(-c3ccco3)c(-c3ccco3)nc2c1. The summed E-state index contributed by atoms with van der Waals surface area (Å²) in [6.45, 7) is 0. The summed E-state index contributed by atoms with van der Waals surface area (Å²) in [4.78, 5) is 22.0. The summed E-state index contributed by atoms with van der Waals surface area (Å²) in [6.07, 6.45) is -1.48. The molecule has 2 aromatic carbocycles. The first-order valence-electron chi connectivity index (χ1n) is 9.77. The highest BCUT2D eigenvalue weighted by molar-refractivity contribution is 6.06. The van der Waals surface area contributed by atoms with Crippen LogP contribution in [0.25, 0.3) is 33.9 Å². The van der Waals surface area contributed by atoms with Crippen LogP contribution < -0.4 is 5.32 Å². The Balaban J connectivity index is 1.52. The molecule has 0 radical (unpaired) electrons. The molecule has 0 bridgehead atoms. The number of furan rings is 2. The lowest BCUT2D eigenvalue weighted by Crippen LogP contribution is -2.13. The van der Waals surface area contributed by atoms with Gasteiger partial charge in [0.15, 0.2) is 11.5 Å². The molecule has 0 aliphatic carbocycles. The maximum atomic E-state index is 12.9. The van der Waals surface area contributed by atoms with Crippen LogP contribution in [0.3, 0.4) is 0 Å². The standard InChI is InChI=1S/C24H14F3N3O3/c25-24(26,27)15-4-1-5-16(13-15)28-23(31)14-8-9-17-18(12-14)30-22(20-7-3-11-33-20)21(29-17)19-6-2-10-32-19/h1-13H,(H,28,31). The van der Waals surface area contributed by atoms with Gasteiger partial charge < -0.3 is 14.2 Å². The van der Waals surface area contributed by atoms with E-state index in [2.05, 4.69) is 15.3 Å². The molecule has 0 aliphatic heterocycles. The molecule has 0 fully saturated rings. The number of halogens is 3. The van der Waals surface area contributed by atoms with Crippen LogP contribution in [0, 0.1) is 0 Å². The number of alkyl halides is 3. The van der Waals surface area contributed by atoms with Crippen LogP contribution in [0.5, 0.6) is 0 Å². The summed E-state index contributed by atoms with van der Waals surface area (Å²) in [6, 6.07) is 16.0. The minimum atomic E-state index is -4.51. The van der Waals surface area contributed by atoms with Gasteiger partial charge in [-0.2, -0.15) is 13.2 Å². The Morgan fingerprint density at radius 2 is 1.45 bits per heavy atom. The third-order valence-electron chi connectivity index (χ3n) is 4.88. The van der Waals surface area contributed by atoms with Gasteiger partial charge in [-0.25, -0.2) is 9.97 Å². The van der Waals surface area contributed by atoms with Gasteiger partial charge in [0, 0.05) is 11.3 Å². The molecule has 9 heteroatoms. The van der Waals surface area contributed by atoms with Gasteiger partial charge in [0.1, 0.15) is 11.4 Å². The maximum Gasteiger partial charge on any atom is 0.416 e. The molecule has 0 saturated heterocycles. The molecule has 1 N–H and O–H groups in total. The Bertz CT molecular complexity index is 1440. The average Bonchev–Trinajstić information content (AvgIpc) is 3.52. The first-order chi connectivity index (χ1) is 15.9. The van der Waals surface area contributed by atoms with Gasteiger partial charge in [-0.15, -0.1) is 0 Å². The Hall–Kier alpha value is -4.40. The molecule has 0 spiro atoms. The molecule has 5 rings (SSSR count). The maximum absolute atomic E-state index is 12.9. The number of hydrogen-bond acceptors (Lipinski definition) is 5. The van der Waals surface area contributed by atoms with Gasteiger partial charge in [0.2, 0.25) is 0 Å². The molecular formula is C24H14F3N3O3. The van der Waals surface area contributed by atoms with Crippen molar-refractivity contribution in [3.8, 4) is 22.9 Å². The summed E-state index contributed by atoms with van der Waals surface area (Å²) in [5, 5.41) is 2.49. The molecule has 1 amide bonds. The van der Waals surface area contributed by atoms with E-state index >= 15 is 0 Å². The molecule has 0 atom stereocenters. The van der Waals surface area contributed by atoms with Crippen molar-refractivity contribution in [2.24, 2.45) is 0 Å². The van der Waals surface area contributed by atoms with E-state index in [0.717, 1.165) is 12.1 Å². The van der Waals surface area contributed by atoms with Crippen molar-refractivity contribution in [3.05, 3.63) is 90.4 Å². The number of rotatable bonds is 4. The zero-order valence-electron chi connectivity index (χ0n) is 16.8. The van der Waals surface area contributed by atoms with Crippen LogP contribution in [-0.2, 0) is 6.18 Å². The van der Waals surface area contributed by atoms with Crippen LogP contribution in [0.2, 0.25) is 0 Å². The second kappa shape index (κ2) is 7.94. The van der Waals surface area contributed by atoms with Crippen LogP contribution in [0.4, 0.5) is 18.9 Å². The number of carbonyl (C=O) groups excluding carboxylic acids is 1. The van der Waals surface area contributed by atoms with Crippen molar-refractivity contribution in [3.63, 3.8) is 0 Å². The van der Waals surface area contributed by atoms with Crippen molar-refractivity contribution in [2.75, 3.05) is 5.32 Å². The van der Waals surface area contributed by atoms with E-state index in [0.29, 0.717) is 33.9 Å². The first-order valence-corrected chi connectivity index (χ1v) is 9.77. The van der Waals surface area contributed by atoms with E-state index in [1.807, 2.05) is 0 Å². The van der Waals surface area contributed by atoms with Gasteiger partial charge in [0.05, 0.1) is 29.1 Å². The Morgan fingerprint density at radius 3 is 2.06 bits per heavy atom. The summed E-state index contributed by atoms with van der Waals surface area (Å²) in [5.41, 5.74) is 1.22. The van der Waals surface area contributed by atoms with Crippen LogP contribution in [0.1, 0.15) is 15.9 Å². The number of amides is 1. The number of hydrogen-bond donors (Lipinski definition) is 1. The lowest BCUT2D eigenvalue weighted by Gasteiger charge is -2.11. The van der Waals surface area contributed by atoms with E-state index in [-0.39, 0.29) is 11.3 Å². The summed E-state index contributed by atoms with van der Waals surface area (Å²) in [5.74, 6) is 0.393. The van der Waals surface area contributed by atoms with Gasteiger partial charge in [-0.3, -0.25) is 4.79 Å². The lowest BCUT2D eigenvalue weighted by molar-refractivity contribution is -0.137. The number of carbonyl (C=O) groups is 1. The molecule has 0 aliphatic rings. The van der Waals surface area contributed by atoms with E-state index in [1.54, 1.807) is 30.3 Å². The van der Waals surface area contributed by atoms with E-state index in [4.69, 9.17) is 8.83 Å². The summed E-state index contributed by atoms with van der Waals surface area (Å²) in [7, 11) is 0. The molecule has 0 unspecified atom stereocenters. The molecule has 0 saturated carbocycles. The van der Waals surface area contributed by atoms with Gasteiger partial charge >= 0.3 is 6.18 Å². The van der Waals surface area contributed by atoms with E-state index < -0.39 is 17.6 Å². The van der Waals surface area contributed by atoms with Crippen LogP contribution in [0.15, 0.2) is 88.1 Å². The predicted molar refractivity (Wildman–Crippen MR) is 114 cm³/mol. The second-order valence-corrected chi connectivity index (χ2v) is 7.11. The highest BCUT2D eigenvalue weighted by atomic mass is 19.4. The van der Waals surface area contributed by atoms with Crippen LogP contribution >= 0.6 is 0 Å². The number of anilines is 1. The minimum absolute atomic E-state index is 0.0328. The summed E-state index contributed by atoms with van der Waals surface area (Å²) >= 11 is 0. The largest absolute Gasteiger partial charge is 0.463 e. The summed E-state index contributed by atoms with van der Waals surface area (Å²) < 4.78 is 49.8. The van der Waals surface area contributed by atoms with Crippen molar-refractivity contribution in [1.29, 1.82) is 0 Å². The van der Waals surface area contributed by atoms with E-state index in [9.17, 15) is 18.0 Å². The number of nitrogens with zero attached hydrogens (tertiary/aromatic N) is 2. The van der Waals surface area contributed by atoms with Crippen LogP contribution in [-0.4, -0.2) is 15.9 Å². The lowest BCUT2D eigenvalue weighted by atomic mass is 10.1. The predicted octanol–water partition coefficient (Wildman–Crippen LogP) is 6.42. The number of nitrogens with one attached hydrogen (secondary N) is 1. The molecular weight excluding hydrogens is 435 g/mol. The van der Waals surface area contributed by atoms with Crippen molar-refractivity contribution in [2.45, 2.75) is 6.18 Å². The third kappa shape index (κ3) is 4.08. The zero-order chi connectivity index (χ0) is 23.0. The van der Waals surface area contributed by atoms with Crippen molar-refractivity contribution in [1.82, 2.24) is 9.97 Å². The first kappa shape index (κ1) is 20.5. The van der Waals surface area contributed by atoms with Crippen molar-refractivity contribution >= 4 is 22.6 Å². The number of aromatic nitrogens is 2. The highest BCUT2D eigenvalue weighted by Gasteiger charge is 2.30. The van der Waals surface area contributed by atoms with Gasteiger partial charge in [-0.05, 0) is 60.7 Å². The second-order valence-electron chi connectivity index (χ2n) is 7.11. The quantitative estimate of drug-likeness (QED) is 0.342. The van der Waals surface area contributed by atoms with Crippen molar-refractivity contribution < 1.29 is 26.8 Å². The Labute approximate surface area is 184 Å². The molecule has 164 valence electrons. The number of fused-ring (bicyclic) bond motifs is 1. The third-order valence-corrected chi connectivity index (χ3v) is 4.88. The Kier molecular flexibility index (Phi) is 4.93. The highest BCUT2D eigenvalue weighted by Crippen LogP contribution is 2.32. The monoisotopic (exact) mass is 449 g/mol. The van der Waals surface area contributed by atoms with Gasteiger partial charge in [0.25, 0.3) is 5.91 Å². The average molecular weight is 449 g/mol. The molecule has 5 aromatic rings. The molecule has 33 heavy (non-hydrogen) atoms. The number of benzene rings is 2. The molecule has 3 heterocycles. The fourth-order valence-electron chi connectivity index (χ4n) is 3.34. The zero-order valence-corrected chi connectivity index (χ0v) is 16.8. The van der Waals surface area contributed by atoms with E-state index in [1.165, 1.54) is 36.8 Å². The smallest absolute Gasteiger partial charge is 0.416 e. The minimum Gasteiger partial charge on any atom is -0.463 e. The van der Waals surface area contributed by atoms with Gasteiger partial charge in [-0.1, -0.05) is 6.07 Å². The fourth-order valence-corrected chi connectivity index (χ4v) is 3.34. The molecule has 6 nitrogen and oxygen atoms in total.